The second kappa shape index (κ2) is 35.4. The van der Waals surface area contributed by atoms with Gasteiger partial charge in [0.05, 0.1) is 51.5 Å². The quantitative estimate of drug-likeness (QED) is 0.0424. The van der Waals surface area contributed by atoms with Crippen molar-refractivity contribution in [2.45, 2.75) is 43.7 Å². The van der Waals surface area contributed by atoms with Crippen LogP contribution in [-0.4, -0.2) is 161 Å². The zero-order valence-corrected chi connectivity index (χ0v) is 70.6. The van der Waals surface area contributed by atoms with Crippen LogP contribution >= 0.6 is 0 Å². The maximum atomic E-state index is 13.8. The van der Waals surface area contributed by atoms with E-state index in [1.54, 1.807) is 149 Å². The summed E-state index contributed by atoms with van der Waals surface area (Å²) in [7, 11) is 0.156. The summed E-state index contributed by atoms with van der Waals surface area (Å²) in [6.07, 6.45) is 6.19. The van der Waals surface area contributed by atoms with Gasteiger partial charge in [-0.3, -0.25) is 19.2 Å². The second-order valence-corrected chi connectivity index (χ2v) is 34.6. The lowest BCUT2D eigenvalue weighted by Crippen LogP contribution is -2.45. The number of nitrogens with zero attached hydrogens (tertiary/aromatic N) is 16. The fourth-order valence-corrected chi connectivity index (χ4v) is 15.8. The van der Waals surface area contributed by atoms with Crippen LogP contribution in [0, 0.1) is 11.6 Å². The highest BCUT2D eigenvalue weighted by Crippen LogP contribution is 2.44. The summed E-state index contributed by atoms with van der Waals surface area (Å²) in [4.78, 5) is 100. The van der Waals surface area contributed by atoms with Crippen LogP contribution in [0.15, 0.2) is 245 Å². The van der Waals surface area contributed by atoms with Gasteiger partial charge in [-0.2, -0.15) is 19.9 Å². The van der Waals surface area contributed by atoms with E-state index in [1.807, 2.05) is 66.5 Å². The first kappa shape index (κ1) is 87.5. The normalized spacial score (nSPS) is 16.2. The van der Waals surface area contributed by atoms with E-state index < -0.39 is 70.1 Å². The molecule has 4 atom stereocenters. The lowest BCUT2D eigenvalue weighted by molar-refractivity contribution is -0.120. The standard InChI is InChI=1S/C21H22N6O4S.2C20H19FN6O3S.C20H20N6O3S/c1-26-17-12-23-21(24-14-7-9-16(10-8-14)32(22,29)30)25-19(17)27(2)18(20(26)28)13-5-4-6-15(11-13)31-3;1-26-16-11-23-20(24-14-7-9-15(10-8-14)31(22,29)30)25-18(16)27(2)17(19(26)28)12-3-5-13(21)6-4-12;1-26-16-11-23-20(24-14-6-8-15(9-7-14)31(22,29)30)25-18(16)27(2)17(19(26)28)12-4-3-5-13(21)10-12;1-25-16-12-22-20(23-14-8-10-15(11-9-14)30(21,28)29)24-18(16)26(2)17(19(25)27)13-6-4-3-5-7-13/h4-12,18H,1-3H3,(H2,22,29,30)(H,23,24,25);2*3-11,17H,1-2H3,(H2,22,29,30)(H,23,24,25);3-12,17H,1-2H3,(H2,21,28,29)(H,22,23,24)/t;;;17-/m...1/s1. The lowest BCUT2D eigenvalue weighted by Gasteiger charge is -2.38. The first-order chi connectivity index (χ1) is 58.7. The average Bonchev–Trinajstić information content (AvgIpc) is 0.767. The monoisotopic (exact) mass is 1760 g/mol. The van der Waals surface area contributed by atoms with E-state index in [-0.39, 0.29) is 60.9 Å². The number of sulfonamides is 4. The number of carbonyl (C=O) groups is 4. The van der Waals surface area contributed by atoms with Crippen molar-refractivity contribution < 1.29 is 66.4 Å². The number of fused-ring (bicyclic) bond motifs is 4. The number of nitrogens with one attached hydrogen (secondary N) is 4. The first-order valence-electron chi connectivity index (χ1n) is 37.0. The smallest absolute Gasteiger partial charge is 0.254 e. The van der Waals surface area contributed by atoms with Gasteiger partial charge in [0.15, 0.2) is 23.3 Å². The molecular weight excluding hydrogens is 1680 g/mol. The summed E-state index contributed by atoms with van der Waals surface area (Å²) in [5, 5.41) is 32.6. The molecule has 0 spiro atoms. The zero-order chi connectivity index (χ0) is 89.2. The largest absolute Gasteiger partial charge is 0.497 e. The average molecular weight is 1760 g/mol. The van der Waals surface area contributed by atoms with Crippen molar-refractivity contribution in [2.24, 2.45) is 20.6 Å². The number of anilines is 16. The van der Waals surface area contributed by atoms with E-state index >= 15 is 0 Å². The Labute approximate surface area is 711 Å². The van der Waals surface area contributed by atoms with Crippen LogP contribution in [-0.2, 0) is 59.3 Å². The molecule has 12 aromatic rings. The Morgan fingerprint density at radius 2 is 0.573 bits per heavy atom. The van der Waals surface area contributed by atoms with E-state index in [0.717, 1.165) is 11.1 Å². The zero-order valence-electron chi connectivity index (χ0n) is 67.3. The Morgan fingerprint density at radius 3 is 0.847 bits per heavy atom. The Kier molecular flexibility index (Phi) is 25.0. The molecule has 16 rings (SSSR count). The van der Waals surface area contributed by atoms with Gasteiger partial charge in [-0.25, -0.2) is 82.9 Å². The molecule has 124 heavy (non-hydrogen) atoms. The molecule has 4 amide bonds. The Bertz CT molecular complexity index is 6580. The van der Waals surface area contributed by atoms with Crippen molar-refractivity contribution in [1.29, 1.82) is 0 Å². The molecule has 37 nitrogen and oxygen atoms in total. The van der Waals surface area contributed by atoms with Crippen LogP contribution in [0.3, 0.4) is 0 Å². The van der Waals surface area contributed by atoms with Crippen LogP contribution in [0.1, 0.15) is 46.4 Å². The summed E-state index contributed by atoms with van der Waals surface area (Å²) in [6, 6.07) is 49.6. The molecule has 12 N–H and O–H groups in total. The minimum absolute atomic E-state index is 0.00794. The molecule has 0 aliphatic carbocycles. The highest BCUT2D eigenvalue weighted by atomic mass is 32.2. The van der Waals surface area contributed by atoms with E-state index in [0.29, 0.717) is 97.5 Å². The van der Waals surface area contributed by atoms with Gasteiger partial charge in [0.1, 0.15) is 64.3 Å². The van der Waals surface area contributed by atoms with Crippen molar-refractivity contribution in [3.8, 4) is 5.75 Å². The predicted octanol–water partition coefficient (Wildman–Crippen LogP) is 8.37. The van der Waals surface area contributed by atoms with E-state index in [1.165, 1.54) is 112 Å². The summed E-state index contributed by atoms with van der Waals surface area (Å²) >= 11 is 0. The number of amides is 4. The number of ether oxygens (including phenoxy) is 1. The van der Waals surface area contributed by atoms with Crippen molar-refractivity contribution in [3.63, 3.8) is 0 Å². The molecule has 0 radical (unpaired) electrons. The van der Waals surface area contributed by atoms with Crippen molar-refractivity contribution >= 4 is 156 Å². The second-order valence-electron chi connectivity index (χ2n) is 28.3. The van der Waals surface area contributed by atoms with Gasteiger partial charge in [-0.15, -0.1) is 0 Å². The number of halogens is 2. The summed E-state index contributed by atoms with van der Waals surface area (Å²) in [6.45, 7) is 0. The van der Waals surface area contributed by atoms with Gasteiger partial charge in [-0.05, 0) is 156 Å². The Balaban J connectivity index is 0.000000142. The van der Waals surface area contributed by atoms with Crippen molar-refractivity contribution in [2.75, 3.05) is 124 Å². The van der Waals surface area contributed by atoms with Gasteiger partial charge >= 0.3 is 0 Å². The highest BCUT2D eigenvalue weighted by Gasteiger charge is 2.42. The van der Waals surface area contributed by atoms with Crippen LogP contribution in [0.5, 0.6) is 5.75 Å². The molecule has 4 aromatic heterocycles. The highest BCUT2D eigenvalue weighted by molar-refractivity contribution is 7.90. The molecule has 0 fully saturated rings. The lowest BCUT2D eigenvalue weighted by atomic mass is 10.0. The van der Waals surface area contributed by atoms with Gasteiger partial charge < -0.3 is 65.2 Å². The van der Waals surface area contributed by atoms with Crippen LogP contribution < -0.4 is 85.8 Å². The molecule has 8 heterocycles. The molecule has 8 aromatic carbocycles. The summed E-state index contributed by atoms with van der Waals surface area (Å²) in [5.41, 5.74) is 7.31. The van der Waals surface area contributed by atoms with Gasteiger partial charge in [0, 0.05) is 79.1 Å². The minimum Gasteiger partial charge on any atom is -0.497 e. The van der Waals surface area contributed by atoms with Crippen LogP contribution in [0.2, 0.25) is 0 Å². The number of hydrogen-bond acceptors (Lipinski definition) is 29. The van der Waals surface area contributed by atoms with E-state index in [2.05, 4.69) is 61.1 Å². The maximum absolute atomic E-state index is 13.8. The number of rotatable bonds is 17. The SMILES string of the molecule is CN1C(=O)C(c2ccc(F)cc2)N(C)c2nc(Nc3ccc(S(N)(=O)=O)cc3)ncc21.CN1C(=O)C(c2cccc(F)c2)N(C)c2nc(Nc3ccc(S(N)(=O)=O)cc3)ncc21.CN1C(=O)[C@@H](c2ccccc2)N(C)c2nc(Nc3ccc(S(N)(=O)=O)cc3)ncc21.COc1cccc(C2C(=O)N(C)c3cnc(Nc4ccc(S(N)(=O)=O)cc4)nc3N2C)c1. The number of methoxy groups -OCH3 is 1. The molecular formula is C81H80F2N24O13S4. The minimum atomic E-state index is -3.79. The molecule has 3 unspecified atom stereocenters. The van der Waals surface area contributed by atoms with Crippen LogP contribution in [0.25, 0.3) is 0 Å². The fraction of sp³-hybridized carbons (Fsp3) is 0.160. The molecule has 43 heteroatoms. The third kappa shape index (κ3) is 19.0. The number of nitrogens with two attached hydrogens (primary N) is 4. The first-order valence-corrected chi connectivity index (χ1v) is 43.2. The number of likely N-dealkylation sites (N-methyl/N-ethyl adjacent to an activating group) is 8. The number of benzene rings is 8. The Hall–Kier alpha value is -14.3. The third-order valence-corrected chi connectivity index (χ3v) is 23.9. The molecule has 0 saturated heterocycles. The predicted molar refractivity (Wildman–Crippen MR) is 463 cm³/mol. The number of carbonyl (C=O) groups excluding carboxylic acids is 4. The van der Waals surface area contributed by atoms with Crippen molar-refractivity contribution in [1.82, 2.24) is 39.9 Å². The van der Waals surface area contributed by atoms with Gasteiger partial charge in [0.2, 0.25) is 63.9 Å². The molecule has 4 aliphatic rings. The Morgan fingerprint density at radius 1 is 0.315 bits per heavy atom. The summed E-state index contributed by atoms with van der Waals surface area (Å²) in [5.74, 6) is 2.52. The van der Waals surface area contributed by atoms with Gasteiger partial charge in [-0.1, -0.05) is 66.7 Å². The molecule has 0 saturated carbocycles. The van der Waals surface area contributed by atoms with Crippen molar-refractivity contribution in [3.05, 3.63) is 259 Å². The topological polar surface area (TPSA) is 495 Å². The number of aromatic nitrogens is 8. The molecule has 640 valence electrons. The van der Waals surface area contributed by atoms with Gasteiger partial charge in [0.25, 0.3) is 23.6 Å². The third-order valence-electron chi connectivity index (χ3n) is 20.2. The maximum Gasteiger partial charge on any atom is 0.254 e. The van der Waals surface area contributed by atoms with Crippen LogP contribution in [0.4, 0.5) is 101 Å². The fourth-order valence-electron chi connectivity index (χ4n) is 13.7. The number of primary sulfonamides is 4. The molecule has 0 bridgehead atoms. The number of hydrogen-bond donors (Lipinski definition) is 8. The molecule has 4 aliphatic heterocycles. The van der Waals surface area contributed by atoms with E-state index in [9.17, 15) is 61.6 Å². The van der Waals surface area contributed by atoms with E-state index in [4.69, 9.17) is 25.3 Å². The summed E-state index contributed by atoms with van der Waals surface area (Å²) < 4.78 is 124.